The first-order chi connectivity index (χ1) is 9.24. The number of ether oxygens (including phenoxy) is 1. The predicted octanol–water partition coefficient (Wildman–Crippen LogP) is 0.935. The Morgan fingerprint density at radius 3 is 3.16 bits per heavy atom. The highest BCUT2D eigenvalue weighted by Gasteiger charge is 2.22. The third kappa shape index (κ3) is 3.25. The quantitative estimate of drug-likeness (QED) is 0.556. The number of carbonyl (C=O) groups is 1. The maximum atomic E-state index is 11.2. The second-order valence-electron chi connectivity index (χ2n) is 4.26. The lowest BCUT2D eigenvalue weighted by molar-refractivity contribution is 0.181. The Morgan fingerprint density at radius 1 is 1.58 bits per heavy atom. The van der Waals surface area contributed by atoms with Crippen molar-refractivity contribution in [3.63, 3.8) is 0 Å². The molecule has 3 N–H and O–H groups in total. The van der Waals surface area contributed by atoms with E-state index in [1.165, 1.54) is 5.56 Å². The zero-order valence-electron chi connectivity index (χ0n) is 10.5. The Labute approximate surface area is 112 Å². The van der Waals surface area contributed by atoms with E-state index < -0.39 is 12.8 Å². The van der Waals surface area contributed by atoms with Crippen LogP contribution in [0.4, 0.5) is 4.79 Å². The number of aliphatic hydroxyl groups excluding tert-OH is 1. The van der Waals surface area contributed by atoms with Gasteiger partial charge in [0.1, 0.15) is 12.5 Å². The topological polar surface area (TPSA) is 70.6 Å². The van der Waals surface area contributed by atoms with Gasteiger partial charge in [0.25, 0.3) is 0 Å². The number of amides is 1. The van der Waals surface area contributed by atoms with Gasteiger partial charge in [-0.25, -0.2) is 4.79 Å². The summed E-state index contributed by atoms with van der Waals surface area (Å²) in [5, 5.41) is 14.0. The van der Waals surface area contributed by atoms with Gasteiger partial charge in [0.2, 0.25) is 0 Å². The average Bonchev–Trinajstić information content (AvgIpc) is 2.79. The number of carbonyl (C=O) groups excluding carboxylic acids is 1. The van der Waals surface area contributed by atoms with Crippen molar-refractivity contribution in [2.24, 2.45) is 0 Å². The first kappa shape index (κ1) is 13.4. The molecule has 1 amide bonds. The molecule has 0 saturated heterocycles. The Hall–Kier alpha value is -2.03. The van der Waals surface area contributed by atoms with Crippen LogP contribution >= 0.6 is 0 Å². The number of benzene rings is 1. The van der Waals surface area contributed by atoms with E-state index in [4.69, 9.17) is 16.3 Å². The minimum Gasteiger partial charge on any atom is -0.410 e. The summed E-state index contributed by atoms with van der Waals surface area (Å²) in [4.78, 5) is 11.2. The van der Waals surface area contributed by atoms with Crippen molar-refractivity contribution in [3.8, 4) is 18.1 Å². The number of rotatable bonds is 4. The van der Waals surface area contributed by atoms with Crippen LogP contribution in [0.5, 0.6) is 5.75 Å². The third-order valence-corrected chi connectivity index (χ3v) is 3.08. The second kappa shape index (κ2) is 6.23. The van der Waals surface area contributed by atoms with Crippen molar-refractivity contribution in [2.45, 2.75) is 18.9 Å². The Bertz CT molecular complexity index is 508. The van der Waals surface area contributed by atoms with E-state index in [1.54, 1.807) is 6.07 Å². The molecule has 19 heavy (non-hydrogen) atoms. The van der Waals surface area contributed by atoms with Crippen molar-refractivity contribution < 1.29 is 14.6 Å². The summed E-state index contributed by atoms with van der Waals surface area (Å²) < 4.78 is 5.03. The molecule has 0 radical (unpaired) electrons. The number of hydrogen-bond donors (Lipinski definition) is 3. The summed E-state index contributed by atoms with van der Waals surface area (Å²) in [5.74, 6) is 3.04. The molecule has 0 aliphatic heterocycles. The van der Waals surface area contributed by atoms with E-state index >= 15 is 0 Å². The van der Waals surface area contributed by atoms with Gasteiger partial charge in [0.15, 0.2) is 0 Å². The molecule has 1 aromatic rings. The monoisotopic (exact) mass is 260 g/mol. The second-order valence-corrected chi connectivity index (χ2v) is 4.26. The van der Waals surface area contributed by atoms with Gasteiger partial charge >= 0.3 is 6.09 Å². The van der Waals surface area contributed by atoms with Gasteiger partial charge < -0.3 is 9.84 Å². The third-order valence-electron chi connectivity index (χ3n) is 3.08. The highest BCUT2D eigenvalue weighted by atomic mass is 16.6. The molecule has 1 aromatic carbocycles. The van der Waals surface area contributed by atoms with Crippen molar-refractivity contribution in [2.75, 3.05) is 13.3 Å². The normalized spacial score (nSPS) is 16.5. The van der Waals surface area contributed by atoms with E-state index in [2.05, 4.69) is 16.6 Å². The van der Waals surface area contributed by atoms with Gasteiger partial charge in [-0.1, -0.05) is 12.0 Å². The fraction of sp³-hybridized carbons (Fsp3) is 0.357. The molecule has 100 valence electrons. The smallest absolute Gasteiger partial charge is 0.410 e. The molecule has 0 bridgehead atoms. The largest absolute Gasteiger partial charge is 0.414 e. The zero-order valence-corrected chi connectivity index (χ0v) is 10.5. The van der Waals surface area contributed by atoms with E-state index in [1.807, 2.05) is 12.1 Å². The number of fused-ring (bicyclic) bond motifs is 1. The van der Waals surface area contributed by atoms with E-state index in [0.29, 0.717) is 12.3 Å². The van der Waals surface area contributed by atoms with Crippen LogP contribution in [0.2, 0.25) is 0 Å². The molecule has 1 unspecified atom stereocenters. The van der Waals surface area contributed by atoms with Gasteiger partial charge in [0, 0.05) is 6.04 Å². The Balaban J connectivity index is 2.05. The minimum atomic E-state index is -0.664. The predicted molar refractivity (Wildman–Crippen MR) is 70.6 cm³/mol. The van der Waals surface area contributed by atoms with Crippen LogP contribution in [-0.4, -0.2) is 24.5 Å². The average molecular weight is 260 g/mol. The number of terminal acetylenes is 1. The first-order valence-corrected chi connectivity index (χ1v) is 6.11. The van der Waals surface area contributed by atoms with E-state index in [-0.39, 0.29) is 6.04 Å². The summed E-state index contributed by atoms with van der Waals surface area (Å²) in [6.45, 7) is 0.100. The summed E-state index contributed by atoms with van der Waals surface area (Å²) in [6.07, 6.45) is 6.49. The molecular formula is C14H16N2O3. The maximum Gasteiger partial charge on any atom is 0.414 e. The molecule has 1 aliphatic carbocycles. The van der Waals surface area contributed by atoms with E-state index in [0.717, 1.165) is 18.4 Å². The standard InChI is InChI=1S/C14H16N2O3/c1-2-7-15-13-6-3-10-8-11(4-5-12(10)13)19-14(18)16-9-17/h1,4-5,8,13,15,17H,3,6-7,9H2,(H,16,18). The summed E-state index contributed by atoms with van der Waals surface area (Å²) in [5.41, 5.74) is 2.36. The molecule has 0 spiro atoms. The molecule has 0 heterocycles. The van der Waals surface area contributed by atoms with Crippen LogP contribution in [0.1, 0.15) is 23.6 Å². The Kier molecular flexibility index (Phi) is 4.39. The highest BCUT2D eigenvalue weighted by molar-refractivity contribution is 5.70. The highest BCUT2D eigenvalue weighted by Crippen LogP contribution is 2.33. The molecule has 2 rings (SSSR count). The van der Waals surface area contributed by atoms with Gasteiger partial charge in [-0.15, -0.1) is 6.42 Å². The summed E-state index contributed by atoms with van der Waals surface area (Å²) in [7, 11) is 0. The summed E-state index contributed by atoms with van der Waals surface area (Å²) in [6, 6.07) is 5.81. The molecule has 1 aliphatic rings. The lowest BCUT2D eigenvalue weighted by Gasteiger charge is -2.12. The van der Waals surface area contributed by atoms with Crippen LogP contribution in [-0.2, 0) is 6.42 Å². The van der Waals surface area contributed by atoms with Crippen LogP contribution in [0, 0.1) is 12.3 Å². The van der Waals surface area contributed by atoms with Crippen LogP contribution in [0.3, 0.4) is 0 Å². The van der Waals surface area contributed by atoms with Crippen LogP contribution < -0.4 is 15.4 Å². The maximum absolute atomic E-state index is 11.2. The van der Waals surface area contributed by atoms with Crippen molar-refractivity contribution in [3.05, 3.63) is 29.3 Å². The summed E-state index contributed by atoms with van der Waals surface area (Å²) >= 11 is 0. The molecule has 5 heteroatoms. The molecular weight excluding hydrogens is 244 g/mol. The van der Waals surface area contributed by atoms with Crippen molar-refractivity contribution >= 4 is 6.09 Å². The number of hydrogen-bond acceptors (Lipinski definition) is 4. The van der Waals surface area contributed by atoms with Crippen molar-refractivity contribution in [1.82, 2.24) is 10.6 Å². The lowest BCUT2D eigenvalue weighted by atomic mass is 10.1. The molecule has 0 saturated carbocycles. The lowest BCUT2D eigenvalue weighted by Crippen LogP contribution is -2.27. The van der Waals surface area contributed by atoms with Gasteiger partial charge in [-0.2, -0.15) is 0 Å². The number of aliphatic hydroxyl groups is 1. The van der Waals surface area contributed by atoms with Gasteiger partial charge in [-0.3, -0.25) is 10.6 Å². The number of nitrogens with one attached hydrogen (secondary N) is 2. The first-order valence-electron chi connectivity index (χ1n) is 6.11. The zero-order chi connectivity index (χ0) is 13.7. The Morgan fingerprint density at radius 2 is 2.42 bits per heavy atom. The molecule has 0 aromatic heterocycles. The van der Waals surface area contributed by atoms with Crippen LogP contribution in [0.15, 0.2) is 18.2 Å². The SMILES string of the molecule is C#CCNC1CCc2cc(OC(=O)NCO)ccc21. The van der Waals surface area contributed by atoms with Gasteiger partial charge in [0.05, 0.1) is 6.54 Å². The minimum absolute atomic E-state index is 0.270. The van der Waals surface area contributed by atoms with Crippen molar-refractivity contribution in [1.29, 1.82) is 0 Å². The fourth-order valence-electron chi connectivity index (χ4n) is 2.26. The van der Waals surface area contributed by atoms with Gasteiger partial charge in [-0.05, 0) is 36.1 Å². The molecule has 0 fully saturated rings. The van der Waals surface area contributed by atoms with E-state index in [9.17, 15) is 4.79 Å². The fourth-order valence-corrected chi connectivity index (χ4v) is 2.26. The van der Waals surface area contributed by atoms with Crippen LogP contribution in [0.25, 0.3) is 0 Å². The molecule has 1 atom stereocenters. The number of aryl methyl sites for hydroxylation is 1. The molecule has 5 nitrogen and oxygen atoms in total.